The van der Waals surface area contributed by atoms with Crippen molar-refractivity contribution in [3.05, 3.63) is 0 Å². The standard InChI is InChI=1S/C18H34N2O6S.ClH.H2O/c1-5-6-10-7-11(20(3)8-10)17(25)19-12(9(2)21)16-14(23)13(22)15(24)18(26-16)27-4;;/h9-16,18,21-24H,5-8H2,1-4H3,(H,19,25);1H;1H2/t9?,10-,11+,12?,13-,14+,15+,16+,18+;;/m0../s1. The highest BCUT2D eigenvalue weighted by Crippen LogP contribution is 2.29. The number of likely N-dealkylation sites (tertiary alicyclic amines) is 1. The predicted octanol–water partition coefficient (Wildman–Crippen LogP) is -6.09. The van der Waals surface area contributed by atoms with Crippen molar-refractivity contribution in [1.82, 2.24) is 5.32 Å². The minimum Gasteiger partial charge on any atom is -1.00 e. The molecule has 10 atom stereocenters. The Hall–Kier alpha value is -0.170. The molecule has 2 rings (SSSR count). The summed E-state index contributed by atoms with van der Waals surface area (Å²) in [7, 11) is 1.99. The molecule has 0 radical (unpaired) electrons. The molecule has 9 nitrogen and oxygen atoms in total. The fraction of sp³-hybridized carbons (Fsp3) is 0.944. The van der Waals surface area contributed by atoms with Gasteiger partial charge in [-0.2, -0.15) is 0 Å². The molecule has 0 spiro atoms. The van der Waals surface area contributed by atoms with Crippen LogP contribution < -0.4 is 22.6 Å². The van der Waals surface area contributed by atoms with Crippen LogP contribution in [0.2, 0.25) is 0 Å². The van der Waals surface area contributed by atoms with Crippen LogP contribution in [0.3, 0.4) is 0 Å². The summed E-state index contributed by atoms with van der Waals surface area (Å²) in [6.45, 7) is 4.58. The molecule has 8 N–H and O–H groups in total. The van der Waals surface area contributed by atoms with Crippen LogP contribution in [0.5, 0.6) is 0 Å². The first kappa shape index (κ1) is 28.8. The Balaban J connectivity index is 0.00000392. The molecule has 0 aromatic rings. The smallest absolute Gasteiger partial charge is 0.278 e. The van der Waals surface area contributed by atoms with Gasteiger partial charge in [0.2, 0.25) is 0 Å². The molecular weight excluding hydrogens is 424 g/mol. The number of amides is 1. The van der Waals surface area contributed by atoms with E-state index in [9.17, 15) is 25.2 Å². The van der Waals surface area contributed by atoms with E-state index in [2.05, 4.69) is 12.2 Å². The number of halogens is 1. The van der Waals surface area contributed by atoms with Gasteiger partial charge in [0.15, 0.2) is 6.04 Å². The zero-order valence-electron chi connectivity index (χ0n) is 17.4. The van der Waals surface area contributed by atoms with Crippen LogP contribution in [0.15, 0.2) is 0 Å². The summed E-state index contributed by atoms with van der Waals surface area (Å²) in [4.78, 5) is 14.0. The van der Waals surface area contributed by atoms with Crippen molar-refractivity contribution in [1.29, 1.82) is 0 Å². The van der Waals surface area contributed by atoms with E-state index in [4.69, 9.17) is 4.74 Å². The zero-order chi connectivity index (χ0) is 20.3. The van der Waals surface area contributed by atoms with Gasteiger partial charge in [0.25, 0.3) is 5.91 Å². The van der Waals surface area contributed by atoms with Gasteiger partial charge in [-0.05, 0) is 19.6 Å². The van der Waals surface area contributed by atoms with Crippen LogP contribution in [0, 0.1) is 5.92 Å². The number of likely N-dealkylation sites (N-methyl/N-ethyl adjacent to an activating group) is 1. The van der Waals surface area contributed by atoms with E-state index in [-0.39, 0.29) is 29.8 Å². The van der Waals surface area contributed by atoms with Crippen LogP contribution in [0.1, 0.15) is 33.1 Å². The van der Waals surface area contributed by atoms with E-state index in [1.807, 2.05) is 7.05 Å². The topological polar surface area (TPSA) is 155 Å². The molecule has 0 aromatic carbocycles. The van der Waals surface area contributed by atoms with Gasteiger partial charge in [-0.15, -0.1) is 11.8 Å². The van der Waals surface area contributed by atoms with E-state index < -0.39 is 42.0 Å². The normalized spacial score (nSPS) is 39.0. The lowest BCUT2D eigenvalue weighted by Gasteiger charge is -2.44. The van der Waals surface area contributed by atoms with Crippen molar-refractivity contribution in [2.45, 2.75) is 81.1 Å². The highest BCUT2D eigenvalue weighted by molar-refractivity contribution is 7.99. The summed E-state index contributed by atoms with van der Waals surface area (Å²) in [6.07, 6.45) is -1.39. The van der Waals surface area contributed by atoms with Crippen LogP contribution in [-0.4, -0.2) is 99.7 Å². The molecule has 2 heterocycles. The summed E-state index contributed by atoms with van der Waals surface area (Å²) >= 11 is 1.20. The molecule has 3 unspecified atom stereocenters. The minimum absolute atomic E-state index is 0. The predicted molar refractivity (Wildman–Crippen MR) is 106 cm³/mol. The monoisotopic (exact) mass is 460 g/mol. The number of carbonyl (C=O) groups excluding carboxylic acids is 1. The molecule has 1 amide bonds. The highest BCUT2D eigenvalue weighted by Gasteiger charge is 2.49. The van der Waals surface area contributed by atoms with Crippen LogP contribution in [0.25, 0.3) is 0 Å². The first-order chi connectivity index (χ1) is 12.7. The lowest BCUT2D eigenvalue weighted by atomic mass is 9.92. The van der Waals surface area contributed by atoms with Crippen LogP contribution in [0.4, 0.5) is 0 Å². The summed E-state index contributed by atoms with van der Waals surface area (Å²) in [5.41, 5.74) is -0.750. The van der Waals surface area contributed by atoms with E-state index in [0.29, 0.717) is 5.92 Å². The quantitative estimate of drug-likeness (QED) is 0.221. The number of rotatable bonds is 7. The Morgan fingerprint density at radius 2 is 1.90 bits per heavy atom. The first-order valence-electron chi connectivity index (χ1n) is 9.74. The number of aliphatic hydroxyl groups excluding tert-OH is 4. The maximum Gasteiger partial charge on any atom is 0.278 e. The second kappa shape index (κ2) is 12.6. The molecule has 2 aliphatic rings. The fourth-order valence-electron chi connectivity index (χ4n) is 4.28. The second-order valence-electron chi connectivity index (χ2n) is 7.95. The SMILES string of the molecule is CCC[C@H]1C[C@H](C(=O)NC(C(C)O)[C@H]2O[C@H](SC)[C@H](O)[C@@H](O)[C@H]2O)[NH+](C)C1.O.[Cl-]. The minimum atomic E-state index is -1.41. The van der Waals surface area contributed by atoms with Crippen LogP contribution in [-0.2, 0) is 9.53 Å². The highest BCUT2D eigenvalue weighted by atomic mass is 35.5. The fourth-order valence-corrected chi connectivity index (χ4v) is 4.96. The summed E-state index contributed by atoms with van der Waals surface area (Å²) < 4.78 is 5.73. The lowest BCUT2D eigenvalue weighted by Crippen LogP contribution is -3.12. The number of nitrogens with one attached hydrogen (secondary N) is 2. The Morgan fingerprint density at radius 3 is 2.41 bits per heavy atom. The van der Waals surface area contributed by atoms with Gasteiger partial charge in [-0.3, -0.25) is 4.79 Å². The van der Waals surface area contributed by atoms with Crippen molar-refractivity contribution in [2.75, 3.05) is 19.8 Å². The molecule has 0 aliphatic carbocycles. The van der Waals surface area contributed by atoms with Crippen molar-refractivity contribution in [3.63, 3.8) is 0 Å². The van der Waals surface area contributed by atoms with Gasteiger partial charge in [0.05, 0.1) is 25.7 Å². The van der Waals surface area contributed by atoms with Gasteiger partial charge in [0, 0.05) is 12.3 Å². The van der Waals surface area contributed by atoms with Crippen molar-refractivity contribution < 1.29 is 52.7 Å². The van der Waals surface area contributed by atoms with E-state index >= 15 is 0 Å². The number of thioether (sulfide) groups is 1. The number of quaternary nitrogens is 1. The van der Waals surface area contributed by atoms with Gasteiger partial charge in [-0.25, -0.2) is 0 Å². The summed E-state index contributed by atoms with van der Waals surface area (Å²) in [5.74, 6) is 0.319. The number of carbonyl (C=O) groups is 1. The third-order valence-corrected chi connectivity index (χ3v) is 6.66. The van der Waals surface area contributed by atoms with Crippen molar-refractivity contribution in [3.8, 4) is 0 Å². The molecule has 29 heavy (non-hydrogen) atoms. The molecule has 0 saturated carbocycles. The average Bonchev–Trinajstić information content (AvgIpc) is 2.99. The molecule has 0 bridgehead atoms. The second-order valence-corrected chi connectivity index (χ2v) is 8.88. The number of aliphatic hydroxyl groups is 4. The van der Waals surface area contributed by atoms with Crippen molar-refractivity contribution in [2.24, 2.45) is 5.92 Å². The van der Waals surface area contributed by atoms with Crippen LogP contribution >= 0.6 is 11.8 Å². The third-order valence-electron chi connectivity index (χ3n) is 5.81. The molecule has 11 heteroatoms. The third kappa shape index (κ3) is 6.65. The van der Waals surface area contributed by atoms with Gasteiger partial charge >= 0.3 is 0 Å². The molecule has 174 valence electrons. The van der Waals surface area contributed by atoms with E-state index in [1.165, 1.54) is 18.7 Å². The molecule has 2 saturated heterocycles. The molecule has 0 aromatic heterocycles. The number of hydrogen-bond acceptors (Lipinski definition) is 7. The molecule has 2 fully saturated rings. The molecular formula is C18H37ClN2O7S. The summed E-state index contributed by atoms with van der Waals surface area (Å²) in [6, 6.07) is -1.10. The lowest BCUT2D eigenvalue weighted by molar-refractivity contribution is -0.884. The number of ether oxygens (including phenoxy) is 1. The Labute approximate surface area is 182 Å². The summed E-state index contributed by atoms with van der Waals surface area (Å²) in [5, 5.41) is 43.6. The Bertz CT molecular complexity index is 503. The average molecular weight is 461 g/mol. The van der Waals surface area contributed by atoms with E-state index in [0.717, 1.165) is 30.7 Å². The number of hydrogen-bond donors (Lipinski definition) is 6. The van der Waals surface area contributed by atoms with Gasteiger partial charge < -0.3 is 53.3 Å². The van der Waals surface area contributed by atoms with Crippen molar-refractivity contribution >= 4 is 17.7 Å². The Morgan fingerprint density at radius 1 is 1.28 bits per heavy atom. The largest absolute Gasteiger partial charge is 1.00 e. The zero-order valence-corrected chi connectivity index (χ0v) is 19.0. The Kier molecular flexibility index (Phi) is 12.6. The first-order valence-corrected chi connectivity index (χ1v) is 11.0. The molecule has 2 aliphatic heterocycles. The maximum atomic E-state index is 12.9. The van der Waals surface area contributed by atoms with Gasteiger partial charge in [0.1, 0.15) is 29.9 Å². The maximum absolute atomic E-state index is 12.9. The van der Waals surface area contributed by atoms with Gasteiger partial charge in [-0.1, -0.05) is 13.3 Å². The van der Waals surface area contributed by atoms with E-state index in [1.54, 1.807) is 6.26 Å².